The van der Waals surface area contributed by atoms with Gasteiger partial charge in [-0.15, -0.1) is 0 Å². The van der Waals surface area contributed by atoms with E-state index in [1.165, 1.54) is 6.07 Å². The molecule has 74 valence electrons. The third-order valence-corrected chi connectivity index (χ3v) is 2.38. The first-order chi connectivity index (χ1) is 6.77. The smallest absolute Gasteiger partial charge is 0.213 e. The SMILES string of the molecule is O=C1CCNCC1c1cccc(F)n1. The maximum atomic E-state index is 12.8. The van der Waals surface area contributed by atoms with Crippen LogP contribution < -0.4 is 5.32 Å². The van der Waals surface area contributed by atoms with Gasteiger partial charge in [0.25, 0.3) is 0 Å². The van der Waals surface area contributed by atoms with Crippen LogP contribution in [0.2, 0.25) is 0 Å². The lowest BCUT2D eigenvalue weighted by atomic mass is 9.94. The van der Waals surface area contributed by atoms with Crippen LogP contribution in [0.3, 0.4) is 0 Å². The van der Waals surface area contributed by atoms with Crippen LogP contribution in [0.15, 0.2) is 18.2 Å². The Morgan fingerprint density at radius 1 is 1.50 bits per heavy atom. The van der Waals surface area contributed by atoms with Crippen LogP contribution in [-0.4, -0.2) is 23.9 Å². The first-order valence-electron chi connectivity index (χ1n) is 4.63. The largest absolute Gasteiger partial charge is 0.315 e. The van der Waals surface area contributed by atoms with Gasteiger partial charge >= 0.3 is 0 Å². The van der Waals surface area contributed by atoms with Gasteiger partial charge in [-0.05, 0) is 12.1 Å². The minimum atomic E-state index is -0.527. The van der Waals surface area contributed by atoms with Crippen molar-refractivity contribution < 1.29 is 9.18 Å². The normalized spacial score (nSPS) is 22.4. The topological polar surface area (TPSA) is 42.0 Å². The second kappa shape index (κ2) is 3.84. The van der Waals surface area contributed by atoms with E-state index in [0.717, 1.165) is 0 Å². The predicted octanol–water partition coefficient (Wildman–Crippen LogP) is 0.867. The lowest BCUT2D eigenvalue weighted by molar-refractivity contribution is -0.121. The van der Waals surface area contributed by atoms with Crippen molar-refractivity contribution in [3.8, 4) is 0 Å². The third kappa shape index (κ3) is 1.80. The number of hydrogen-bond donors (Lipinski definition) is 1. The number of pyridine rings is 1. The van der Waals surface area contributed by atoms with Crippen molar-refractivity contribution in [2.45, 2.75) is 12.3 Å². The molecule has 0 amide bonds. The second-order valence-corrected chi connectivity index (χ2v) is 3.36. The summed E-state index contributed by atoms with van der Waals surface area (Å²) in [6, 6.07) is 4.56. The lowest BCUT2D eigenvalue weighted by Gasteiger charge is -2.20. The molecule has 0 spiro atoms. The molecule has 1 aliphatic rings. The van der Waals surface area contributed by atoms with Crippen LogP contribution in [0.5, 0.6) is 0 Å². The van der Waals surface area contributed by atoms with E-state index >= 15 is 0 Å². The number of carbonyl (C=O) groups excluding carboxylic acids is 1. The van der Waals surface area contributed by atoms with Crippen molar-refractivity contribution in [1.82, 2.24) is 10.3 Å². The van der Waals surface area contributed by atoms with Gasteiger partial charge in [0.15, 0.2) is 0 Å². The fourth-order valence-corrected chi connectivity index (χ4v) is 1.63. The molecule has 1 fully saturated rings. The van der Waals surface area contributed by atoms with Gasteiger partial charge in [0.1, 0.15) is 5.78 Å². The molecular formula is C10H11FN2O. The second-order valence-electron chi connectivity index (χ2n) is 3.36. The van der Waals surface area contributed by atoms with Crippen LogP contribution in [0.4, 0.5) is 4.39 Å². The molecule has 0 bridgehead atoms. The van der Waals surface area contributed by atoms with Crippen molar-refractivity contribution in [1.29, 1.82) is 0 Å². The Bertz CT molecular complexity index is 354. The molecule has 1 atom stereocenters. The van der Waals surface area contributed by atoms with E-state index in [1.54, 1.807) is 12.1 Å². The molecule has 0 aromatic carbocycles. The number of hydrogen-bond acceptors (Lipinski definition) is 3. The van der Waals surface area contributed by atoms with Crippen LogP contribution >= 0.6 is 0 Å². The van der Waals surface area contributed by atoms with E-state index in [4.69, 9.17) is 0 Å². The van der Waals surface area contributed by atoms with Crippen molar-refractivity contribution in [2.24, 2.45) is 0 Å². The van der Waals surface area contributed by atoms with E-state index in [9.17, 15) is 9.18 Å². The number of aromatic nitrogens is 1. The van der Waals surface area contributed by atoms with Crippen molar-refractivity contribution in [3.63, 3.8) is 0 Å². The van der Waals surface area contributed by atoms with Crippen molar-refractivity contribution in [3.05, 3.63) is 29.8 Å². The van der Waals surface area contributed by atoms with Crippen LogP contribution in [-0.2, 0) is 4.79 Å². The number of nitrogens with one attached hydrogen (secondary N) is 1. The van der Waals surface area contributed by atoms with E-state index in [2.05, 4.69) is 10.3 Å². The first-order valence-corrected chi connectivity index (χ1v) is 4.63. The van der Waals surface area contributed by atoms with Crippen LogP contribution in [0, 0.1) is 5.95 Å². The van der Waals surface area contributed by atoms with Crippen LogP contribution in [0.25, 0.3) is 0 Å². The van der Waals surface area contributed by atoms with Gasteiger partial charge in [0, 0.05) is 19.5 Å². The molecule has 4 heteroatoms. The van der Waals surface area contributed by atoms with Gasteiger partial charge in [0.05, 0.1) is 11.6 Å². The Hall–Kier alpha value is -1.29. The van der Waals surface area contributed by atoms with Gasteiger partial charge in [-0.2, -0.15) is 4.39 Å². The highest BCUT2D eigenvalue weighted by Crippen LogP contribution is 2.18. The van der Waals surface area contributed by atoms with E-state index in [0.29, 0.717) is 25.2 Å². The highest BCUT2D eigenvalue weighted by Gasteiger charge is 2.24. The molecule has 0 radical (unpaired) electrons. The Labute approximate surface area is 81.3 Å². The molecule has 0 aliphatic carbocycles. The zero-order valence-electron chi connectivity index (χ0n) is 7.66. The van der Waals surface area contributed by atoms with E-state index in [1.807, 2.05) is 0 Å². The number of piperidine rings is 1. The number of halogens is 1. The van der Waals surface area contributed by atoms with Crippen molar-refractivity contribution in [2.75, 3.05) is 13.1 Å². The molecule has 1 saturated heterocycles. The number of carbonyl (C=O) groups is 1. The molecular weight excluding hydrogens is 183 g/mol. The zero-order valence-corrected chi connectivity index (χ0v) is 7.66. The Kier molecular flexibility index (Phi) is 2.54. The average molecular weight is 194 g/mol. The monoisotopic (exact) mass is 194 g/mol. The summed E-state index contributed by atoms with van der Waals surface area (Å²) >= 11 is 0. The summed E-state index contributed by atoms with van der Waals surface area (Å²) in [7, 11) is 0. The Balaban J connectivity index is 2.24. The summed E-state index contributed by atoms with van der Waals surface area (Å²) < 4.78 is 12.8. The molecule has 1 aromatic heterocycles. The number of rotatable bonds is 1. The molecule has 1 N–H and O–H groups in total. The molecule has 0 saturated carbocycles. The number of nitrogens with zero attached hydrogens (tertiary/aromatic N) is 1. The number of Topliss-reactive ketones (excluding diaryl/α,β-unsaturated/α-hetero) is 1. The summed E-state index contributed by atoms with van der Waals surface area (Å²) in [5, 5.41) is 3.10. The summed E-state index contributed by atoms with van der Waals surface area (Å²) in [5.41, 5.74) is 0.530. The summed E-state index contributed by atoms with van der Waals surface area (Å²) in [4.78, 5) is 15.2. The summed E-state index contributed by atoms with van der Waals surface area (Å²) in [6.07, 6.45) is 0.503. The third-order valence-electron chi connectivity index (χ3n) is 2.38. The maximum absolute atomic E-state index is 12.8. The van der Waals surface area contributed by atoms with E-state index in [-0.39, 0.29) is 11.7 Å². The Morgan fingerprint density at radius 2 is 2.36 bits per heavy atom. The fourth-order valence-electron chi connectivity index (χ4n) is 1.63. The minimum Gasteiger partial charge on any atom is -0.315 e. The standard InChI is InChI=1S/C10H11FN2O/c11-10-3-1-2-8(13-10)7-6-12-5-4-9(7)14/h1-3,7,12H,4-6H2. The van der Waals surface area contributed by atoms with Gasteiger partial charge in [-0.3, -0.25) is 4.79 Å². The van der Waals surface area contributed by atoms with Crippen LogP contribution in [0.1, 0.15) is 18.0 Å². The first kappa shape index (κ1) is 9.27. The Morgan fingerprint density at radius 3 is 3.07 bits per heavy atom. The molecule has 1 aromatic rings. The molecule has 1 aliphatic heterocycles. The molecule has 1 unspecified atom stereocenters. The van der Waals surface area contributed by atoms with Gasteiger partial charge < -0.3 is 5.32 Å². The quantitative estimate of drug-likeness (QED) is 0.674. The van der Waals surface area contributed by atoms with Crippen molar-refractivity contribution >= 4 is 5.78 Å². The predicted molar refractivity (Wildman–Crippen MR) is 49.4 cm³/mol. The molecule has 2 heterocycles. The van der Waals surface area contributed by atoms with Gasteiger partial charge in [0.2, 0.25) is 5.95 Å². The molecule has 14 heavy (non-hydrogen) atoms. The summed E-state index contributed by atoms with van der Waals surface area (Å²) in [5.74, 6) is -0.665. The highest BCUT2D eigenvalue weighted by atomic mass is 19.1. The minimum absolute atomic E-state index is 0.141. The zero-order chi connectivity index (χ0) is 9.97. The summed E-state index contributed by atoms with van der Waals surface area (Å²) in [6.45, 7) is 1.28. The average Bonchev–Trinajstić information content (AvgIpc) is 2.18. The molecule has 3 nitrogen and oxygen atoms in total. The molecule has 2 rings (SSSR count). The highest BCUT2D eigenvalue weighted by molar-refractivity contribution is 5.86. The van der Waals surface area contributed by atoms with E-state index < -0.39 is 5.95 Å². The van der Waals surface area contributed by atoms with Gasteiger partial charge in [-0.25, -0.2) is 4.98 Å². The number of ketones is 1. The maximum Gasteiger partial charge on any atom is 0.213 e. The fraction of sp³-hybridized carbons (Fsp3) is 0.400. The van der Waals surface area contributed by atoms with Gasteiger partial charge in [-0.1, -0.05) is 6.07 Å². The lowest BCUT2D eigenvalue weighted by Crippen LogP contribution is -2.35.